The number of hydrogen-bond donors (Lipinski definition) is 1. The second kappa shape index (κ2) is 7.77. The molecule has 0 saturated heterocycles. The van der Waals surface area contributed by atoms with Crippen molar-refractivity contribution in [1.29, 1.82) is 0 Å². The molecule has 1 atom stereocenters. The minimum absolute atomic E-state index is 0.0336. The van der Waals surface area contributed by atoms with Crippen LogP contribution >= 0.6 is 0 Å². The Labute approximate surface area is 137 Å². The first-order valence-corrected chi connectivity index (χ1v) is 7.85. The Morgan fingerprint density at radius 1 is 1.13 bits per heavy atom. The molecule has 4 nitrogen and oxygen atoms in total. The number of hydrogen-bond acceptors (Lipinski definition) is 3. The SMILES string of the molecule is Cc1ccc(C)c(OCC(=O)N[C@H](C)Cc2ccncc2)c1C. The lowest BCUT2D eigenvalue weighted by Gasteiger charge is -2.16. The number of aryl methyl sites for hydroxylation is 2. The molecule has 1 N–H and O–H groups in total. The Hall–Kier alpha value is -2.36. The highest BCUT2D eigenvalue weighted by molar-refractivity contribution is 5.78. The molecule has 0 bridgehead atoms. The third-order valence-corrected chi connectivity index (χ3v) is 3.92. The lowest BCUT2D eigenvalue weighted by Crippen LogP contribution is -2.37. The van der Waals surface area contributed by atoms with Gasteiger partial charge in [0.05, 0.1) is 0 Å². The maximum atomic E-state index is 12.1. The third-order valence-electron chi connectivity index (χ3n) is 3.92. The van der Waals surface area contributed by atoms with Crippen LogP contribution in [0.1, 0.15) is 29.2 Å². The Kier molecular flexibility index (Phi) is 5.74. The maximum Gasteiger partial charge on any atom is 0.258 e. The van der Waals surface area contributed by atoms with Crippen molar-refractivity contribution in [2.45, 2.75) is 40.2 Å². The molecule has 0 spiro atoms. The van der Waals surface area contributed by atoms with E-state index in [9.17, 15) is 4.79 Å². The predicted octanol–water partition coefficient (Wildman–Crippen LogP) is 3.13. The van der Waals surface area contributed by atoms with Crippen molar-refractivity contribution >= 4 is 5.91 Å². The lowest BCUT2D eigenvalue weighted by molar-refractivity contribution is -0.123. The molecule has 1 heterocycles. The van der Waals surface area contributed by atoms with Gasteiger partial charge < -0.3 is 10.1 Å². The summed E-state index contributed by atoms with van der Waals surface area (Å²) < 4.78 is 5.74. The van der Waals surface area contributed by atoms with Gasteiger partial charge in [-0.2, -0.15) is 0 Å². The van der Waals surface area contributed by atoms with Gasteiger partial charge in [-0.3, -0.25) is 9.78 Å². The van der Waals surface area contributed by atoms with Crippen LogP contribution < -0.4 is 10.1 Å². The zero-order valence-electron chi connectivity index (χ0n) is 14.2. The number of rotatable bonds is 6. The number of amides is 1. The monoisotopic (exact) mass is 312 g/mol. The van der Waals surface area contributed by atoms with Crippen molar-refractivity contribution < 1.29 is 9.53 Å². The second-order valence-corrected chi connectivity index (χ2v) is 5.97. The molecule has 4 heteroatoms. The standard InChI is InChI=1S/C19H24N2O2/c1-13-5-6-14(2)19(16(13)4)23-12-18(22)21-15(3)11-17-7-9-20-10-8-17/h5-10,15H,11-12H2,1-4H3,(H,21,22)/t15-/m1/s1. The summed E-state index contributed by atoms with van der Waals surface area (Å²) in [4.78, 5) is 16.1. The van der Waals surface area contributed by atoms with E-state index in [1.54, 1.807) is 12.4 Å². The van der Waals surface area contributed by atoms with Gasteiger partial charge in [-0.1, -0.05) is 12.1 Å². The molecule has 0 fully saturated rings. The van der Waals surface area contributed by atoms with Crippen molar-refractivity contribution in [1.82, 2.24) is 10.3 Å². The molecule has 1 aromatic carbocycles. The number of pyridine rings is 1. The predicted molar refractivity (Wildman–Crippen MR) is 91.7 cm³/mol. The molecule has 2 aromatic rings. The second-order valence-electron chi connectivity index (χ2n) is 5.97. The summed E-state index contributed by atoms with van der Waals surface area (Å²) in [5.74, 6) is 0.703. The third kappa shape index (κ3) is 4.81. The largest absolute Gasteiger partial charge is 0.483 e. The fourth-order valence-corrected chi connectivity index (χ4v) is 2.53. The maximum absolute atomic E-state index is 12.1. The van der Waals surface area contributed by atoms with Gasteiger partial charge in [0.15, 0.2) is 6.61 Å². The molecule has 0 radical (unpaired) electrons. The summed E-state index contributed by atoms with van der Waals surface area (Å²) in [7, 11) is 0. The minimum Gasteiger partial charge on any atom is -0.483 e. The van der Waals surface area contributed by atoms with Gasteiger partial charge in [0.1, 0.15) is 5.75 Å². The van der Waals surface area contributed by atoms with Gasteiger partial charge in [0, 0.05) is 18.4 Å². The molecule has 2 rings (SSSR count). The van der Waals surface area contributed by atoms with Crippen LogP contribution in [0.2, 0.25) is 0 Å². The van der Waals surface area contributed by atoms with Crippen LogP contribution in [0.4, 0.5) is 0 Å². The lowest BCUT2D eigenvalue weighted by atomic mass is 10.1. The van der Waals surface area contributed by atoms with E-state index >= 15 is 0 Å². The van der Waals surface area contributed by atoms with Crippen LogP contribution in [0, 0.1) is 20.8 Å². The average Bonchev–Trinajstić information content (AvgIpc) is 2.52. The van der Waals surface area contributed by atoms with E-state index in [0.717, 1.165) is 34.4 Å². The number of aromatic nitrogens is 1. The minimum atomic E-state index is -0.105. The summed E-state index contributed by atoms with van der Waals surface area (Å²) in [5, 5.41) is 2.97. The van der Waals surface area contributed by atoms with E-state index in [0.29, 0.717) is 0 Å². The van der Waals surface area contributed by atoms with Gasteiger partial charge in [-0.15, -0.1) is 0 Å². The fourth-order valence-electron chi connectivity index (χ4n) is 2.53. The number of nitrogens with one attached hydrogen (secondary N) is 1. The van der Waals surface area contributed by atoms with Gasteiger partial charge >= 0.3 is 0 Å². The highest BCUT2D eigenvalue weighted by Gasteiger charge is 2.11. The van der Waals surface area contributed by atoms with E-state index in [-0.39, 0.29) is 18.6 Å². The Bertz CT molecular complexity index is 669. The first-order valence-electron chi connectivity index (χ1n) is 7.85. The Morgan fingerprint density at radius 2 is 1.78 bits per heavy atom. The molecule has 122 valence electrons. The van der Waals surface area contributed by atoms with Gasteiger partial charge in [0.25, 0.3) is 5.91 Å². The van der Waals surface area contributed by atoms with Crippen LogP contribution in [0.25, 0.3) is 0 Å². The van der Waals surface area contributed by atoms with E-state index < -0.39 is 0 Å². The van der Waals surface area contributed by atoms with Crippen LogP contribution in [-0.2, 0) is 11.2 Å². The molecule has 1 aromatic heterocycles. The molecule has 0 aliphatic carbocycles. The van der Waals surface area contributed by atoms with Crippen LogP contribution in [0.5, 0.6) is 5.75 Å². The number of ether oxygens (including phenoxy) is 1. The van der Waals surface area contributed by atoms with Crippen molar-refractivity contribution in [2.24, 2.45) is 0 Å². The van der Waals surface area contributed by atoms with Gasteiger partial charge in [-0.25, -0.2) is 0 Å². The zero-order chi connectivity index (χ0) is 16.8. The highest BCUT2D eigenvalue weighted by Crippen LogP contribution is 2.25. The number of nitrogens with zero attached hydrogens (tertiary/aromatic N) is 1. The topological polar surface area (TPSA) is 51.2 Å². The van der Waals surface area contributed by atoms with Crippen molar-refractivity contribution in [3.05, 3.63) is 58.9 Å². The first-order chi connectivity index (χ1) is 11.0. The zero-order valence-corrected chi connectivity index (χ0v) is 14.2. The van der Waals surface area contributed by atoms with Gasteiger partial charge in [0.2, 0.25) is 0 Å². The molecule has 23 heavy (non-hydrogen) atoms. The first kappa shape index (κ1) is 17.0. The molecular formula is C19H24N2O2. The van der Waals surface area contributed by atoms with Gasteiger partial charge in [-0.05, 0) is 68.5 Å². The highest BCUT2D eigenvalue weighted by atomic mass is 16.5. The Morgan fingerprint density at radius 3 is 2.48 bits per heavy atom. The van der Waals surface area contributed by atoms with E-state index in [4.69, 9.17) is 4.74 Å². The molecule has 0 saturated carbocycles. The molecule has 1 amide bonds. The Balaban J connectivity index is 1.87. The van der Waals surface area contributed by atoms with Crippen molar-refractivity contribution in [3.63, 3.8) is 0 Å². The summed E-state index contributed by atoms with van der Waals surface area (Å²) in [5.41, 5.74) is 4.45. The van der Waals surface area contributed by atoms with Crippen LogP contribution in [-0.4, -0.2) is 23.5 Å². The summed E-state index contributed by atoms with van der Waals surface area (Å²) >= 11 is 0. The molecule has 0 unspecified atom stereocenters. The average molecular weight is 312 g/mol. The molecule has 0 aliphatic heterocycles. The fraction of sp³-hybridized carbons (Fsp3) is 0.368. The van der Waals surface area contributed by atoms with E-state index in [1.807, 2.05) is 45.9 Å². The summed E-state index contributed by atoms with van der Waals surface area (Å²) in [6.45, 7) is 8.07. The normalized spacial score (nSPS) is 11.8. The number of carbonyl (C=O) groups is 1. The quantitative estimate of drug-likeness (QED) is 0.891. The molecular weight excluding hydrogens is 288 g/mol. The van der Waals surface area contributed by atoms with Crippen LogP contribution in [0.15, 0.2) is 36.7 Å². The van der Waals surface area contributed by atoms with E-state index in [1.165, 1.54) is 0 Å². The van der Waals surface area contributed by atoms with Crippen molar-refractivity contribution in [2.75, 3.05) is 6.61 Å². The number of carbonyl (C=O) groups excluding carboxylic acids is 1. The summed E-state index contributed by atoms with van der Waals surface area (Å²) in [6, 6.07) is 8.04. The van der Waals surface area contributed by atoms with E-state index in [2.05, 4.69) is 16.4 Å². The van der Waals surface area contributed by atoms with Crippen LogP contribution in [0.3, 0.4) is 0 Å². The summed E-state index contributed by atoms with van der Waals surface area (Å²) in [6.07, 6.45) is 4.29. The molecule has 0 aliphatic rings. The smallest absolute Gasteiger partial charge is 0.258 e. The van der Waals surface area contributed by atoms with Crippen molar-refractivity contribution in [3.8, 4) is 5.75 Å². The number of benzene rings is 1.